The zero-order chi connectivity index (χ0) is 13.7. The summed E-state index contributed by atoms with van der Waals surface area (Å²) in [6.45, 7) is 9.37. The summed E-state index contributed by atoms with van der Waals surface area (Å²) >= 11 is 0. The van der Waals surface area contributed by atoms with Crippen molar-refractivity contribution in [2.24, 2.45) is 5.92 Å². The van der Waals surface area contributed by atoms with Gasteiger partial charge in [0.15, 0.2) is 0 Å². The molecule has 0 aliphatic carbocycles. The summed E-state index contributed by atoms with van der Waals surface area (Å²) in [5.74, 6) is 0.681. The van der Waals surface area contributed by atoms with Gasteiger partial charge in [0, 0.05) is 18.4 Å². The molecule has 0 fully saturated rings. The molecule has 19 heavy (non-hydrogen) atoms. The van der Waals surface area contributed by atoms with Crippen LogP contribution in [0.25, 0.3) is 0 Å². The monoisotopic (exact) mass is 257 g/mol. The van der Waals surface area contributed by atoms with Crippen molar-refractivity contribution in [3.05, 3.63) is 53.3 Å². The Kier molecular flexibility index (Phi) is 4.74. The van der Waals surface area contributed by atoms with Crippen LogP contribution in [0, 0.1) is 12.8 Å². The van der Waals surface area contributed by atoms with Crippen molar-refractivity contribution >= 4 is 0 Å². The zero-order valence-electron chi connectivity index (χ0n) is 12.1. The van der Waals surface area contributed by atoms with E-state index in [0.717, 1.165) is 19.6 Å². The van der Waals surface area contributed by atoms with Gasteiger partial charge in [0.2, 0.25) is 0 Å². The lowest BCUT2D eigenvalue weighted by Crippen LogP contribution is -2.20. The molecule has 0 saturated heterocycles. The molecule has 0 atom stereocenters. The topological polar surface area (TPSA) is 29.9 Å². The molecule has 102 valence electrons. The fourth-order valence-corrected chi connectivity index (χ4v) is 2.11. The van der Waals surface area contributed by atoms with Gasteiger partial charge in [0.25, 0.3) is 0 Å². The predicted molar refractivity (Wildman–Crippen MR) is 79.1 cm³/mol. The molecule has 0 bridgehead atoms. The third-order valence-corrected chi connectivity index (χ3v) is 3.24. The van der Waals surface area contributed by atoms with Gasteiger partial charge < -0.3 is 5.32 Å². The van der Waals surface area contributed by atoms with Gasteiger partial charge in [0.1, 0.15) is 0 Å². The first-order chi connectivity index (χ1) is 9.16. The van der Waals surface area contributed by atoms with Crippen LogP contribution in [-0.4, -0.2) is 16.3 Å². The first-order valence-corrected chi connectivity index (χ1v) is 6.92. The number of benzene rings is 1. The molecule has 2 aromatic rings. The van der Waals surface area contributed by atoms with Gasteiger partial charge in [0.05, 0.1) is 6.54 Å². The van der Waals surface area contributed by atoms with Crippen LogP contribution >= 0.6 is 0 Å². The van der Waals surface area contributed by atoms with Crippen molar-refractivity contribution in [2.75, 3.05) is 6.54 Å². The lowest BCUT2D eigenvalue weighted by atomic mass is 10.1. The van der Waals surface area contributed by atoms with Gasteiger partial charge in [-0.15, -0.1) is 0 Å². The fraction of sp³-hybridized carbons (Fsp3) is 0.438. The molecule has 1 aromatic heterocycles. The van der Waals surface area contributed by atoms with Gasteiger partial charge in [-0.3, -0.25) is 4.68 Å². The highest BCUT2D eigenvalue weighted by Gasteiger charge is 2.04. The van der Waals surface area contributed by atoms with Gasteiger partial charge in [-0.1, -0.05) is 38.1 Å². The SMILES string of the molecule is Cc1ccnn1Cc1ccccc1CNCC(C)C. The highest BCUT2D eigenvalue weighted by atomic mass is 15.3. The van der Waals surface area contributed by atoms with E-state index in [2.05, 4.69) is 55.5 Å². The molecule has 2 rings (SSSR count). The summed E-state index contributed by atoms with van der Waals surface area (Å²) in [6, 6.07) is 10.6. The molecular formula is C16H23N3. The maximum absolute atomic E-state index is 4.36. The van der Waals surface area contributed by atoms with Crippen molar-refractivity contribution < 1.29 is 0 Å². The van der Waals surface area contributed by atoms with Crippen LogP contribution in [0.3, 0.4) is 0 Å². The number of nitrogens with zero attached hydrogens (tertiary/aromatic N) is 2. The zero-order valence-corrected chi connectivity index (χ0v) is 12.1. The number of rotatable bonds is 6. The number of aromatic nitrogens is 2. The Balaban J connectivity index is 2.06. The summed E-state index contributed by atoms with van der Waals surface area (Å²) in [6.07, 6.45) is 1.86. The van der Waals surface area contributed by atoms with Crippen LogP contribution in [0.4, 0.5) is 0 Å². The predicted octanol–water partition coefficient (Wildman–Crippen LogP) is 2.99. The highest BCUT2D eigenvalue weighted by molar-refractivity contribution is 5.27. The normalized spacial score (nSPS) is 11.2. The minimum absolute atomic E-state index is 0.681. The Hall–Kier alpha value is -1.61. The summed E-state index contributed by atoms with van der Waals surface area (Å²) < 4.78 is 2.04. The van der Waals surface area contributed by atoms with E-state index < -0.39 is 0 Å². The minimum atomic E-state index is 0.681. The molecule has 1 heterocycles. The maximum Gasteiger partial charge on any atom is 0.0665 e. The molecule has 3 nitrogen and oxygen atoms in total. The molecule has 0 saturated carbocycles. The Morgan fingerprint density at radius 3 is 2.53 bits per heavy atom. The molecule has 0 spiro atoms. The third-order valence-electron chi connectivity index (χ3n) is 3.24. The summed E-state index contributed by atoms with van der Waals surface area (Å²) in [5.41, 5.74) is 3.90. The molecule has 0 radical (unpaired) electrons. The number of nitrogens with one attached hydrogen (secondary N) is 1. The van der Waals surface area contributed by atoms with Gasteiger partial charge in [-0.25, -0.2) is 0 Å². The second-order valence-corrected chi connectivity index (χ2v) is 5.42. The van der Waals surface area contributed by atoms with Crippen LogP contribution in [0.1, 0.15) is 30.7 Å². The summed E-state index contributed by atoms with van der Waals surface area (Å²) in [7, 11) is 0. The molecule has 3 heteroatoms. The lowest BCUT2D eigenvalue weighted by molar-refractivity contribution is 0.549. The van der Waals surface area contributed by atoms with Crippen LogP contribution in [0.15, 0.2) is 36.5 Å². The van der Waals surface area contributed by atoms with Crippen LogP contribution in [0.2, 0.25) is 0 Å². The van der Waals surface area contributed by atoms with Crippen LogP contribution in [0.5, 0.6) is 0 Å². The van der Waals surface area contributed by atoms with Crippen LogP contribution < -0.4 is 5.32 Å². The molecule has 1 N–H and O–H groups in total. The molecule has 1 aromatic carbocycles. The first kappa shape index (κ1) is 13.8. The van der Waals surface area contributed by atoms with E-state index in [-0.39, 0.29) is 0 Å². The van der Waals surface area contributed by atoms with E-state index in [0.29, 0.717) is 5.92 Å². The van der Waals surface area contributed by atoms with E-state index >= 15 is 0 Å². The summed E-state index contributed by atoms with van der Waals surface area (Å²) in [4.78, 5) is 0. The van der Waals surface area contributed by atoms with E-state index in [1.54, 1.807) is 0 Å². The van der Waals surface area contributed by atoms with E-state index in [1.165, 1.54) is 16.8 Å². The van der Waals surface area contributed by atoms with Crippen molar-refractivity contribution in [1.29, 1.82) is 0 Å². The second kappa shape index (κ2) is 6.53. The van der Waals surface area contributed by atoms with Gasteiger partial charge >= 0.3 is 0 Å². The fourth-order valence-electron chi connectivity index (χ4n) is 2.11. The van der Waals surface area contributed by atoms with Gasteiger partial charge in [-0.2, -0.15) is 5.10 Å². The minimum Gasteiger partial charge on any atom is -0.312 e. The van der Waals surface area contributed by atoms with E-state index in [9.17, 15) is 0 Å². The maximum atomic E-state index is 4.36. The van der Waals surface area contributed by atoms with E-state index in [4.69, 9.17) is 0 Å². The number of hydrogen-bond acceptors (Lipinski definition) is 2. The first-order valence-electron chi connectivity index (χ1n) is 6.92. The second-order valence-electron chi connectivity index (χ2n) is 5.42. The standard InChI is InChI=1S/C16H23N3/c1-13(2)10-17-11-15-6-4-5-7-16(15)12-19-14(3)8-9-18-19/h4-9,13,17H,10-12H2,1-3H3. The number of aryl methyl sites for hydroxylation is 1. The van der Waals surface area contributed by atoms with Crippen molar-refractivity contribution in [2.45, 2.75) is 33.9 Å². The van der Waals surface area contributed by atoms with E-state index in [1.807, 2.05) is 16.9 Å². The molecule has 0 amide bonds. The Labute approximate surface area is 115 Å². The van der Waals surface area contributed by atoms with Gasteiger partial charge in [-0.05, 0) is 36.6 Å². The highest BCUT2D eigenvalue weighted by Crippen LogP contribution is 2.11. The Bertz CT molecular complexity index is 514. The summed E-state index contributed by atoms with van der Waals surface area (Å²) in [5, 5.41) is 7.86. The smallest absolute Gasteiger partial charge is 0.0665 e. The molecule has 0 aliphatic heterocycles. The third kappa shape index (κ3) is 3.93. The molecule has 0 aliphatic rings. The molecular weight excluding hydrogens is 234 g/mol. The lowest BCUT2D eigenvalue weighted by Gasteiger charge is -2.12. The molecule has 0 unspecified atom stereocenters. The average molecular weight is 257 g/mol. The van der Waals surface area contributed by atoms with Crippen molar-refractivity contribution in [3.63, 3.8) is 0 Å². The quantitative estimate of drug-likeness (QED) is 0.862. The van der Waals surface area contributed by atoms with Crippen molar-refractivity contribution in [1.82, 2.24) is 15.1 Å². The number of hydrogen-bond donors (Lipinski definition) is 1. The Morgan fingerprint density at radius 2 is 1.89 bits per heavy atom. The average Bonchev–Trinajstić information content (AvgIpc) is 2.77. The largest absolute Gasteiger partial charge is 0.312 e. The van der Waals surface area contributed by atoms with Crippen LogP contribution in [-0.2, 0) is 13.1 Å². The van der Waals surface area contributed by atoms with Crippen molar-refractivity contribution in [3.8, 4) is 0 Å². The Morgan fingerprint density at radius 1 is 1.16 bits per heavy atom.